The van der Waals surface area contributed by atoms with Gasteiger partial charge in [-0.15, -0.1) is 0 Å². The third-order valence-electron chi connectivity index (χ3n) is 20.6. The standard InChI is InChI=1S/C52H84O20/c1-23-32(55)36(59)39(62)43(68-23)71-41-34(57)27(54)21-66-45(41)70-31-12-13-49(6)29(48(31,4)5)11-14-51(8)30(49)10-9-24-25-19-47(2,3)15-17-52(25,18-16-50(24,51)7)46(64)72-44-40(63)37(60)35(58)28(69-44)22-67-42-38(61)33(56)26(53)20-65-42/h9,23,25-45,53-63H,10-22H2,1-8H3. The van der Waals surface area contributed by atoms with Gasteiger partial charge in [-0.1, -0.05) is 60.1 Å². The van der Waals surface area contributed by atoms with Gasteiger partial charge >= 0.3 is 5.97 Å². The highest BCUT2D eigenvalue weighted by molar-refractivity contribution is 5.79. The monoisotopic (exact) mass is 1030 g/mol. The fourth-order valence-electron chi connectivity index (χ4n) is 15.8. The smallest absolute Gasteiger partial charge is 0.315 e. The number of ether oxygens (including phenoxy) is 8. The number of allylic oxidation sites excluding steroid dienone is 2. The van der Waals surface area contributed by atoms with Crippen molar-refractivity contribution in [1.82, 2.24) is 0 Å². The van der Waals surface area contributed by atoms with E-state index in [1.807, 2.05) is 0 Å². The number of carbonyl (C=O) groups excluding carboxylic acids is 1. The van der Waals surface area contributed by atoms with Crippen LogP contribution in [0.25, 0.3) is 0 Å². The number of carbonyl (C=O) groups is 1. The molecule has 0 spiro atoms. The first-order chi connectivity index (χ1) is 33.6. The molecule has 4 saturated heterocycles. The van der Waals surface area contributed by atoms with Crippen LogP contribution in [0, 0.1) is 50.2 Å². The van der Waals surface area contributed by atoms with Gasteiger partial charge in [0.1, 0.15) is 79.4 Å². The molecule has 20 heteroatoms. The summed E-state index contributed by atoms with van der Waals surface area (Å²) < 4.78 is 47.7. The molecule has 0 bridgehead atoms. The first-order valence-corrected chi connectivity index (χ1v) is 26.5. The Morgan fingerprint density at radius 2 is 1.25 bits per heavy atom. The van der Waals surface area contributed by atoms with Crippen LogP contribution in [-0.4, -0.2) is 199 Å². The molecular formula is C52H84O20. The van der Waals surface area contributed by atoms with E-state index >= 15 is 4.79 Å². The van der Waals surface area contributed by atoms with Crippen molar-refractivity contribution >= 4 is 5.97 Å². The second-order valence-electron chi connectivity index (χ2n) is 25.4. The van der Waals surface area contributed by atoms with Gasteiger partial charge in [0.05, 0.1) is 37.4 Å². The summed E-state index contributed by atoms with van der Waals surface area (Å²) in [4.78, 5) is 15.0. The third kappa shape index (κ3) is 8.97. The molecule has 11 N–H and O–H groups in total. The van der Waals surface area contributed by atoms with E-state index in [-0.39, 0.29) is 58.7 Å². The maximum absolute atomic E-state index is 15.0. The Bertz CT molecular complexity index is 1990. The fourth-order valence-corrected chi connectivity index (χ4v) is 15.8. The summed E-state index contributed by atoms with van der Waals surface area (Å²) in [5, 5.41) is 117. The Labute approximate surface area is 421 Å². The first-order valence-electron chi connectivity index (χ1n) is 26.5. The van der Waals surface area contributed by atoms with Gasteiger partial charge in [0.25, 0.3) is 0 Å². The van der Waals surface area contributed by atoms with Crippen molar-refractivity contribution < 1.29 is 98.9 Å². The normalized spacial score (nSPS) is 54.2. The first kappa shape index (κ1) is 55.3. The van der Waals surface area contributed by atoms with Crippen LogP contribution < -0.4 is 0 Å². The zero-order valence-electron chi connectivity index (χ0n) is 43.1. The fraction of sp³-hybridized carbons (Fsp3) is 0.942. The maximum Gasteiger partial charge on any atom is 0.315 e. The van der Waals surface area contributed by atoms with Gasteiger partial charge in [-0.2, -0.15) is 0 Å². The number of esters is 1. The number of hydrogen-bond donors (Lipinski definition) is 11. The van der Waals surface area contributed by atoms with E-state index in [1.165, 1.54) is 12.5 Å². The predicted molar refractivity (Wildman–Crippen MR) is 249 cm³/mol. The van der Waals surface area contributed by atoms with E-state index in [1.54, 1.807) is 0 Å². The highest BCUT2D eigenvalue weighted by Gasteiger charge is 2.70. The van der Waals surface area contributed by atoms with Crippen molar-refractivity contribution in [2.45, 2.75) is 236 Å². The zero-order valence-corrected chi connectivity index (χ0v) is 43.1. The lowest BCUT2D eigenvalue weighted by Gasteiger charge is -2.71. The number of rotatable bonds is 9. The van der Waals surface area contributed by atoms with Crippen molar-refractivity contribution in [3.05, 3.63) is 11.6 Å². The van der Waals surface area contributed by atoms with Crippen LogP contribution in [0.2, 0.25) is 0 Å². The van der Waals surface area contributed by atoms with Crippen molar-refractivity contribution in [2.75, 3.05) is 19.8 Å². The summed E-state index contributed by atoms with van der Waals surface area (Å²) in [6.07, 6.45) is -16.6. The quantitative estimate of drug-likeness (QED) is 0.0839. The minimum atomic E-state index is -1.78. The van der Waals surface area contributed by atoms with E-state index in [2.05, 4.69) is 54.5 Å². The Hall–Kier alpha value is -1.51. The molecule has 8 fully saturated rings. The summed E-state index contributed by atoms with van der Waals surface area (Å²) in [7, 11) is 0. The molecule has 0 aromatic heterocycles. The van der Waals surface area contributed by atoms with E-state index in [0.29, 0.717) is 25.7 Å². The Kier molecular flexibility index (Phi) is 15.2. The van der Waals surface area contributed by atoms with Crippen molar-refractivity contribution in [3.8, 4) is 0 Å². The van der Waals surface area contributed by atoms with E-state index in [4.69, 9.17) is 37.9 Å². The third-order valence-corrected chi connectivity index (χ3v) is 20.6. The van der Waals surface area contributed by atoms with Crippen molar-refractivity contribution in [1.29, 1.82) is 0 Å². The van der Waals surface area contributed by atoms with Crippen LogP contribution in [0.15, 0.2) is 11.6 Å². The molecule has 4 aliphatic heterocycles. The number of aliphatic hydroxyl groups excluding tert-OH is 11. The van der Waals surface area contributed by atoms with Gasteiger partial charge in [-0.25, -0.2) is 0 Å². The average Bonchev–Trinajstić information content (AvgIpc) is 3.32. The highest BCUT2D eigenvalue weighted by atomic mass is 16.8. The SMILES string of the molecule is CC1OC(OC2C(OC3CCC4(C)C(CCC5(C)C4CC=C4C6CC(C)(C)CCC6(C(=O)OC6OC(COC7OCC(O)C(O)C7O)C(O)C(O)C6O)CCC45C)C3(C)C)OCC(O)C2O)C(O)C(O)C1O. The average molecular weight is 1030 g/mol. The topological polar surface area (TPSA) is 313 Å². The van der Waals surface area contributed by atoms with Gasteiger partial charge in [0.2, 0.25) is 6.29 Å². The summed E-state index contributed by atoms with van der Waals surface area (Å²) in [5.74, 6) is -0.243. The predicted octanol–water partition coefficient (Wildman–Crippen LogP) is 0.271. The largest absolute Gasteiger partial charge is 0.432 e. The molecule has 9 rings (SSSR count). The molecule has 4 saturated carbocycles. The second kappa shape index (κ2) is 19.7. The minimum absolute atomic E-state index is 0.0953. The lowest BCUT2D eigenvalue weighted by atomic mass is 9.33. The van der Waals surface area contributed by atoms with Crippen LogP contribution in [0.3, 0.4) is 0 Å². The molecule has 0 radical (unpaired) electrons. The Balaban J connectivity index is 0.923. The van der Waals surface area contributed by atoms with Crippen molar-refractivity contribution in [3.63, 3.8) is 0 Å². The van der Waals surface area contributed by atoms with Crippen LogP contribution in [-0.2, 0) is 42.7 Å². The van der Waals surface area contributed by atoms with Crippen LogP contribution >= 0.6 is 0 Å². The molecule has 4 heterocycles. The zero-order chi connectivity index (χ0) is 52.4. The van der Waals surface area contributed by atoms with Gasteiger partial charge in [-0.05, 0) is 116 Å². The van der Waals surface area contributed by atoms with Crippen molar-refractivity contribution in [2.24, 2.45) is 50.2 Å². The summed E-state index contributed by atoms with van der Waals surface area (Å²) in [6.45, 7) is 16.7. The van der Waals surface area contributed by atoms with Crippen LogP contribution in [0.5, 0.6) is 0 Å². The van der Waals surface area contributed by atoms with E-state index < -0.39 is 134 Å². The van der Waals surface area contributed by atoms with Gasteiger partial charge < -0.3 is 94.1 Å². The molecule has 26 unspecified atom stereocenters. The number of aliphatic hydroxyl groups is 11. The van der Waals surface area contributed by atoms with Gasteiger partial charge in [0, 0.05) is 0 Å². The van der Waals surface area contributed by atoms with Crippen LogP contribution in [0.1, 0.15) is 120 Å². The lowest BCUT2D eigenvalue weighted by Crippen LogP contribution is -2.66. The van der Waals surface area contributed by atoms with Gasteiger partial charge in [-0.3, -0.25) is 4.79 Å². The van der Waals surface area contributed by atoms with E-state index in [0.717, 1.165) is 38.5 Å². The molecule has 9 aliphatic rings. The molecule has 72 heavy (non-hydrogen) atoms. The Morgan fingerprint density at radius 3 is 1.96 bits per heavy atom. The maximum atomic E-state index is 15.0. The summed E-state index contributed by atoms with van der Waals surface area (Å²) >= 11 is 0. The molecular weight excluding hydrogens is 945 g/mol. The van der Waals surface area contributed by atoms with E-state index in [9.17, 15) is 56.2 Å². The molecule has 0 aromatic carbocycles. The molecule has 26 atom stereocenters. The Morgan fingerprint density at radius 1 is 0.625 bits per heavy atom. The summed E-state index contributed by atoms with van der Waals surface area (Å²) in [6, 6.07) is 0. The molecule has 0 amide bonds. The molecule has 20 nitrogen and oxygen atoms in total. The molecule has 412 valence electrons. The molecule has 5 aliphatic carbocycles. The minimum Gasteiger partial charge on any atom is -0.432 e. The lowest BCUT2D eigenvalue weighted by molar-refractivity contribution is -0.364. The summed E-state index contributed by atoms with van der Waals surface area (Å²) in [5.41, 5.74) is -0.761. The second-order valence-corrected chi connectivity index (χ2v) is 25.4. The molecule has 0 aromatic rings. The van der Waals surface area contributed by atoms with Crippen LogP contribution in [0.4, 0.5) is 0 Å². The van der Waals surface area contributed by atoms with Gasteiger partial charge in [0.15, 0.2) is 18.9 Å². The number of fused-ring (bicyclic) bond motifs is 7. The number of hydrogen-bond acceptors (Lipinski definition) is 20. The highest BCUT2D eigenvalue weighted by Crippen LogP contribution is 2.76.